The van der Waals surface area contributed by atoms with Crippen molar-refractivity contribution in [3.8, 4) is 0 Å². The molecule has 0 aliphatic carbocycles. The number of hydrogen-bond donors (Lipinski definition) is 1. The lowest BCUT2D eigenvalue weighted by Crippen LogP contribution is -2.20. The molecule has 0 fully saturated rings. The first-order valence-electron chi connectivity index (χ1n) is 9.63. The van der Waals surface area contributed by atoms with Gasteiger partial charge in [-0.05, 0) is 18.6 Å². The molecule has 0 saturated carbocycles. The van der Waals surface area contributed by atoms with Crippen molar-refractivity contribution >= 4 is 11.6 Å². The molecule has 0 bridgehead atoms. The van der Waals surface area contributed by atoms with E-state index in [0.717, 1.165) is 29.7 Å². The number of unbranched alkanes of at least 4 members (excludes halogenated alkanes) is 6. The molecule has 1 N–H and O–H groups in total. The molecule has 0 spiro atoms. The Labute approximate surface area is 156 Å². The molecular formula is C22H29N3O. The standard InChI is InChI=1S/C22H29N3O/c1-2-3-4-5-6-7-11-14-21(26)24-25-22(19-12-9-8-10-13-19)20-15-17-23-18-16-20/h8-10,12-13,15-18H,2-7,11,14H2,1H3,(H,24,26)/b25-22-. The first-order chi connectivity index (χ1) is 12.8. The summed E-state index contributed by atoms with van der Waals surface area (Å²) in [4.78, 5) is 16.2. The second-order valence-corrected chi connectivity index (χ2v) is 6.47. The summed E-state index contributed by atoms with van der Waals surface area (Å²) in [5, 5.41) is 4.39. The minimum atomic E-state index is -0.0268. The van der Waals surface area contributed by atoms with E-state index < -0.39 is 0 Å². The molecule has 4 nitrogen and oxygen atoms in total. The maximum atomic E-state index is 12.1. The van der Waals surface area contributed by atoms with Crippen molar-refractivity contribution in [1.82, 2.24) is 10.4 Å². The highest BCUT2D eigenvalue weighted by molar-refractivity contribution is 6.13. The first kappa shape index (κ1) is 19.8. The molecule has 0 unspecified atom stereocenters. The Kier molecular flexibility index (Phi) is 9.12. The largest absolute Gasteiger partial charge is 0.273 e. The third-order valence-electron chi connectivity index (χ3n) is 4.30. The summed E-state index contributed by atoms with van der Waals surface area (Å²) in [6.07, 6.45) is 12.4. The summed E-state index contributed by atoms with van der Waals surface area (Å²) < 4.78 is 0. The van der Waals surface area contributed by atoms with Gasteiger partial charge in [-0.15, -0.1) is 0 Å². The summed E-state index contributed by atoms with van der Waals surface area (Å²) >= 11 is 0. The zero-order valence-electron chi connectivity index (χ0n) is 15.7. The van der Waals surface area contributed by atoms with Crippen LogP contribution in [0.3, 0.4) is 0 Å². The van der Waals surface area contributed by atoms with Crippen LogP contribution in [0.4, 0.5) is 0 Å². The minimum Gasteiger partial charge on any atom is -0.273 e. The fourth-order valence-electron chi connectivity index (χ4n) is 2.82. The Morgan fingerprint density at radius 1 is 0.885 bits per heavy atom. The van der Waals surface area contributed by atoms with Crippen LogP contribution in [0.5, 0.6) is 0 Å². The third-order valence-corrected chi connectivity index (χ3v) is 4.30. The Hall–Kier alpha value is -2.49. The Morgan fingerprint density at radius 3 is 2.19 bits per heavy atom. The van der Waals surface area contributed by atoms with Crippen molar-refractivity contribution in [2.45, 2.75) is 58.3 Å². The molecule has 138 valence electrons. The number of pyridine rings is 1. The zero-order valence-corrected chi connectivity index (χ0v) is 15.7. The highest BCUT2D eigenvalue weighted by Crippen LogP contribution is 2.10. The van der Waals surface area contributed by atoms with E-state index >= 15 is 0 Å². The van der Waals surface area contributed by atoms with E-state index in [1.807, 2.05) is 42.5 Å². The average molecular weight is 351 g/mol. The van der Waals surface area contributed by atoms with Gasteiger partial charge >= 0.3 is 0 Å². The van der Waals surface area contributed by atoms with E-state index in [1.165, 1.54) is 32.1 Å². The summed E-state index contributed by atoms with van der Waals surface area (Å²) in [7, 11) is 0. The molecule has 0 radical (unpaired) electrons. The Morgan fingerprint density at radius 2 is 1.50 bits per heavy atom. The van der Waals surface area contributed by atoms with Crippen molar-refractivity contribution in [2.24, 2.45) is 5.10 Å². The molecule has 0 saturated heterocycles. The van der Waals surface area contributed by atoms with Gasteiger partial charge in [-0.2, -0.15) is 5.10 Å². The molecule has 0 aliphatic heterocycles. The number of nitrogens with one attached hydrogen (secondary N) is 1. The van der Waals surface area contributed by atoms with Crippen LogP contribution in [-0.2, 0) is 4.79 Å². The molecule has 0 atom stereocenters. The van der Waals surface area contributed by atoms with E-state index in [-0.39, 0.29) is 5.91 Å². The normalized spacial score (nSPS) is 11.3. The van der Waals surface area contributed by atoms with E-state index in [2.05, 4.69) is 22.4 Å². The van der Waals surface area contributed by atoms with E-state index in [9.17, 15) is 4.79 Å². The number of carbonyl (C=O) groups excluding carboxylic acids is 1. The Bertz CT molecular complexity index is 627. The van der Waals surface area contributed by atoms with Crippen LogP contribution in [0, 0.1) is 0 Å². The fraction of sp³-hybridized carbons (Fsp3) is 0.409. The second-order valence-electron chi connectivity index (χ2n) is 6.47. The molecular weight excluding hydrogens is 322 g/mol. The average Bonchev–Trinajstić information content (AvgIpc) is 2.69. The van der Waals surface area contributed by atoms with Crippen LogP contribution in [0.2, 0.25) is 0 Å². The summed E-state index contributed by atoms with van der Waals surface area (Å²) in [6.45, 7) is 2.22. The lowest BCUT2D eigenvalue weighted by molar-refractivity contribution is -0.121. The van der Waals surface area contributed by atoms with Gasteiger partial charge in [0, 0.05) is 29.9 Å². The van der Waals surface area contributed by atoms with Gasteiger partial charge in [0.15, 0.2) is 0 Å². The molecule has 2 rings (SSSR count). The molecule has 0 aliphatic rings. The summed E-state index contributed by atoms with van der Waals surface area (Å²) in [6, 6.07) is 13.7. The first-order valence-corrected chi connectivity index (χ1v) is 9.63. The van der Waals surface area contributed by atoms with E-state index in [0.29, 0.717) is 6.42 Å². The fourth-order valence-corrected chi connectivity index (χ4v) is 2.82. The van der Waals surface area contributed by atoms with Crippen molar-refractivity contribution in [2.75, 3.05) is 0 Å². The third kappa shape index (κ3) is 7.18. The summed E-state index contributed by atoms with van der Waals surface area (Å²) in [5.74, 6) is -0.0268. The second kappa shape index (κ2) is 12.0. The van der Waals surface area contributed by atoms with Gasteiger partial charge in [0.05, 0.1) is 5.71 Å². The van der Waals surface area contributed by atoms with Crippen LogP contribution >= 0.6 is 0 Å². The quantitative estimate of drug-likeness (QED) is 0.348. The highest BCUT2D eigenvalue weighted by atomic mass is 16.2. The monoisotopic (exact) mass is 351 g/mol. The number of hydrogen-bond acceptors (Lipinski definition) is 3. The molecule has 4 heteroatoms. The lowest BCUT2D eigenvalue weighted by atomic mass is 10.0. The van der Waals surface area contributed by atoms with Crippen LogP contribution in [0.25, 0.3) is 0 Å². The number of aromatic nitrogens is 1. The SMILES string of the molecule is CCCCCCCCCC(=O)N/N=C(/c1ccccc1)c1ccncc1. The van der Waals surface area contributed by atoms with E-state index in [1.54, 1.807) is 12.4 Å². The molecule has 26 heavy (non-hydrogen) atoms. The lowest BCUT2D eigenvalue weighted by Gasteiger charge is -2.08. The van der Waals surface area contributed by atoms with Crippen LogP contribution in [0.1, 0.15) is 69.4 Å². The van der Waals surface area contributed by atoms with Crippen molar-refractivity contribution in [1.29, 1.82) is 0 Å². The van der Waals surface area contributed by atoms with Crippen LogP contribution < -0.4 is 5.43 Å². The number of rotatable bonds is 11. The van der Waals surface area contributed by atoms with Crippen molar-refractivity contribution in [3.63, 3.8) is 0 Å². The Balaban J connectivity index is 1.87. The summed E-state index contributed by atoms with van der Waals surface area (Å²) in [5.41, 5.74) is 5.37. The molecule has 1 aromatic heterocycles. The van der Waals surface area contributed by atoms with Gasteiger partial charge in [-0.3, -0.25) is 9.78 Å². The van der Waals surface area contributed by atoms with Gasteiger partial charge in [0.2, 0.25) is 5.91 Å². The number of hydrazone groups is 1. The van der Waals surface area contributed by atoms with Gasteiger partial charge in [0.25, 0.3) is 0 Å². The molecule has 2 aromatic rings. The maximum Gasteiger partial charge on any atom is 0.240 e. The maximum absolute atomic E-state index is 12.1. The van der Waals surface area contributed by atoms with E-state index in [4.69, 9.17) is 0 Å². The van der Waals surface area contributed by atoms with Crippen LogP contribution in [-0.4, -0.2) is 16.6 Å². The number of nitrogens with zero attached hydrogens (tertiary/aromatic N) is 2. The molecule has 1 heterocycles. The van der Waals surface area contributed by atoms with Gasteiger partial charge in [0.1, 0.15) is 0 Å². The number of carbonyl (C=O) groups is 1. The predicted molar refractivity (Wildman–Crippen MR) is 107 cm³/mol. The number of amides is 1. The zero-order chi connectivity index (χ0) is 18.5. The van der Waals surface area contributed by atoms with Crippen molar-refractivity contribution in [3.05, 3.63) is 66.0 Å². The smallest absolute Gasteiger partial charge is 0.240 e. The topological polar surface area (TPSA) is 54.4 Å². The molecule has 1 aromatic carbocycles. The van der Waals surface area contributed by atoms with Crippen LogP contribution in [0.15, 0.2) is 60.0 Å². The van der Waals surface area contributed by atoms with Gasteiger partial charge < -0.3 is 0 Å². The molecule has 1 amide bonds. The predicted octanol–water partition coefficient (Wildman–Crippen LogP) is 5.09. The van der Waals surface area contributed by atoms with Gasteiger partial charge in [-0.25, -0.2) is 5.43 Å². The van der Waals surface area contributed by atoms with Crippen molar-refractivity contribution < 1.29 is 4.79 Å². The number of benzene rings is 1. The highest BCUT2D eigenvalue weighted by Gasteiger charge is 2.08. The van der Waals surface area contributed by atoms with Gasteiger partial charge in [-0.1, -0.05) is 75.8 Å². The minimum absolute atomic E-state index is 0.0268.